The van der Waals surface area contributed by atoms with Crippen LogP contribution in [0.5, 0.6) is 0 Å². The van der Waals surface area contributed by atoms with E-state index in [1.54, 1.807) is 0 Å². The molecule has 0 aromatic heterocycles. The van der Waals surface area contributed by atoms with Crippen molar-refractivity contribution in [3.05, 3.63) is 35.9 Å². The molecule has 1 aromatic carbocycles. The molecule has 1 aromatic rings. The van der Waals surface area contributed by atoms with E-state index < -0.39 is 0 Å². The van der Waals surface area contributed by atoms with Gasteiger partial charge in [0.25, 0.3) is 0 Å². The Morgan fingerprint density at radius 1 is 1.22 bits per heavy atom. The third kappa shape index (κ3) is 2.19. The Kier molecular flexibility index (Phi) is 3.40. The molecule has 0 amide bonds. The Hall–Kier alpha value is -0.860. The van der Waals surface area contributed by atoms with Crippen molar-refractivity contribution in [2.45, 2.75) is 56.4 Å². The average molecular weight is 244 g/mol. The molecule has 18 heavy (non-hydrogen) atoms. The van der Waals surface area contributed by atoms with Crippen LogP contribution < -0.4 is 11.3 Å². The standard InChI is InChI=1S/C16H24N2/c17-18-15(10-9-13-7-8-13)16(11-4-12-16)14-5-2-1-3-6-14/h1-3,5-6,13,15,18H,4,7-12,17H2. The lowest BCUT2D eigenvalue weighted by molar-refractivity contribution is 0.159. The van der Waals surface area contributed by atoms with E-state index in [2.05, 4.69) is 35.8 Å². The zero-order chi connectivity index (χ0) is 12.4. The van der Waals surface area contributed by atoms with Gasteiger partial charge in [0.2, 0.25) is 0 Å². The van der Waals surface area contributed by atoms with Gasteiger partial charge in [-0.05, 0) is 37.2 Å². The third-order valence-corrected chi connectivity index (χ3v) is 5.02. The summed E-state index contributed by atoms with van der Waals surface area (Å²) in [6, 6.07) is 11.4. The van der Waals surface area contributed by atoms with E-state index in [1.165, 1.54) is 50.5 Å². The predicted molar refractivity (Wildman–Crippen MR) is 75.0 cm³/mol. The first-order valence-corrected chi connectivity index (χ1v) is 7.37. The van der Waals surface area contributed by atoms with Crippen LogP contribution in [0.4, 0.5) is 0 Å². The SMILES string of the molecule is NNC(CCC1CC1)C1(c2ccccc2)CCC1. The second kappa shape index (κ2) is 5.02. The van der Waals surface area contributed by atoms with Gasteiger partial charge in [-0.15, -0.1) is 0 Å². The minimum Gasteiger partial charge on any atom is -0.271 e. The Morgan fingerprint density at radius 2 is 1.94 bits per heavy atom. The fourth-order valence-corrected chi connectivity index (χ4v) is 3.49. The first-order chi connectivity index (χ1) is 8.85. The Balaban J connectivity index is 1.75. The zero-order valence-electron chi connectivity index (χ0n) is 11.1. The topological polar surface area (TPSA) is 38.0 Å². The summed E-state index contributed by atoms with van der Waals surface area (Å²) >= 11 is 0. The van der Waals surface area contributed by atoms with Crippen molar-refractivity contribution >= 4 is 0 Å². The molecule has 0 bridgehead atoms. The van der Waals surface area contributed by atoms with E-state index in [9.17, 15) is 0 Å². The second-order valence-corrected chi connectivity index (χ2v) is 6.12. The van der Waals surface area contributed by atoms with E-state index in [-0.39, 0.29) is 0 Å². The molecule has 3 N–H and O–H groups in total. The molecule has 0 aliphatic heterocycles. The lowest BCUT2D eigenvalue weighted by Gasteiger charge is -2.48. The molecule has 0 saturated heterocycles. The van der Waals surface area contributed by atoms with Gasteiger partial charge in [0.05, 0.1) is 0 Å². The number of hydrogen-bond acceptors (Lipinski definition) is 2. The van der Waals surface area contributed by atoms with Crippen molar-refractivity contribution in [2.75, 3.05) is 0 Å². The molecule has 1 atom stereocenters. The molecule has 0 radical (unpaired) electrons. The maximum atomic E-state index is 5.86. The Labute approximate surface area is 110 Å². The molecule has 0 heterocycles. The van der Waals surface area contributed by atoms with Crippen molar-refractivity contribution in [1.29, 1.82) is 0 Å². The summed E-state index contributed by atoms with van der Waals surface area (Å²) in [7, 11) is 0. The minimum atomic E-state index is 0.310. The van der Waals surface area contributed by atoms with Gasteiger partial charge in [-0.3, -0.25) is 11.3 Å². The molecule has 2 aliphatic rings. The highest BCUT2D eigenvalue weighted by atomic mass is 15.2. The van der Waals surface area contributed by atoms with Crippen molar-refractivity contribution in [3.63, 3.8) is 0 Å². The van der Waals surface area contributed by atoms with Crippen LogP contribution in [0.3, 0.4) is 0 Å². The highest BCUT2D eigenvalue weighted by Gasteiger charge is 2.45. The van der Waals surface area contributed by atoms with E-state index in [0.29, 0.717) is 11.5 Å². The number of nitrogens with two attached hydrogens (primary N) is 1. The van der Waals surface area contributed by atoms with Gasteiger partial charge < -0.3 is 0 Å². The van der Waals surface area contributed by atoms with Crippen molar-refractivity contribution in [3.8, 4) is 0 Å². The summed E-state index contributed by atoms with van der Waals surface area (Å²) in [6.07, 6.45) is 9.38. The number of hydrazine groups is 1. The van der Waals surface area contributed by atoms with Crippen LogP contribution >= 0.6 is 0 Å². The number of benzene rings is 1. The smallest absolute Gasteiger partial charge is 0.0307 e. The first kappa shape index (κ1) is 12.2. The highest BCUT2D eigenvalue weighted by Crippen LogP contribution is 2.48. The molecule has 3 rings (SSSR count). The quantitative estimate of drug-likeness (QED) is 0.596. The molecule has 2 fully saturated rings. The summed E-state index contributed by atoms with van der Waals surface area (Å²) in [6.45, 7) is 0. The Bertz CT molecular complexity index is 379. The minimum absolute atomic E-state index is 0.310. The van der Waals surface area contributed by atoms with Gasteiger partial charge in [0, 0.05) is 11.5 Å². The fourth-order valence-electron chi connectivity index (χ4n) is 3.49. The van der Waals surface area contributed by atoms with Crippen LogP contribution in [-0.2, 0) is 5.41 Å². The summed E-state index contributed by atoms with van der Waals surface area (Å²) in [4.78, 5) is 0. The highest BCUT2D eigenvalue weighted by molar-refractivity contribution is 5.30. The molecule has 2 aliphatic carbocycles. The first-order valence-electron chi connectivity index (χ1n) is 7.37. The second-order valence-electron chi connectivity index (χ2n) is 6.12. The Morgan fingerprint density at radius 3 is 2.44 bits per heavy atom. The van der Waals surface area contributed by atoms with Crippen molar-refractivity contribution in [2.24, 2.45) is 11.8 Å². The van der Waals surface area contributed by atoms with Gasteiger partial charge in [0.1, 0.15) is 0 Å². The van der Waals surface area contributed by atoms with Gasteiger partial charge in [-0.1, -0.05) is 49.6 Å². The van der Waals surface area contributed by atoms with Gasteiger partial charge in [-0.25, -0.2) is 0 Å². The van der Waals surface area contributed by atoms with Crippen molar-refractivity contribution in [1.82, 2.24) is 5.43 Å². The molecular weight excluding hydrogens is 220 g/mol. The molecule has 98 valence electrons. The van der Waals surface area contributed by atoms with E-state index in [0.717, 1.165) is 5.92 Å². The molecule has 1 unspecified atom stereocenters. The predicted octanol–water partition coefficient (Wildman–Crippen LogP) is 3.13. The van der Waals surface area contributed by atoms with Gasteiger partial charge >= 0.3 is 0 Å². The number of rotatable bonds is 6. The van der Waals surface area contributed by atoms with E-state index >= 15 is 0 Å². The average Bonchev–Trinajstić information content (AvgIpc) is 3.17. The molecule has 2 heteroatoms. The van der Waals surface area contributed by atoms with Crippen LogP contribution in [0.25, 0.3) is 0 Å². The maximum absolute atomic E-state index is 5.86. The monoisotopic (exact) mass is 244 g/mol. The zero-order valence-corrected chi connectivity index (χ0v) is 11.1. The number of hydrogen-bond donors (Lipinski definition) is 2. The van der Waals surface area contributed by atoms with Crippen molar-refractivity contribution < 1.29 is 0 Å². The lowest BCUT2D eigenvalue weighted by atomic mass is 9.59. The molecular formula is C16H24N2. The molecule has 2 saturated carbocycles. The summed E-state index contributed by atoms with van der Waals surface area (Å²) < 4.78 is 0. The van der Waals surface area contributed by atoms with Crippen LogP contribution in [0.1, 0.15) is 50.5 Å². The van der Waals surface area contributed by atoms with Gasteiger partial charge in [0.15, 0.2) is 0 Å². The van der Waals surface area contributed by atoms with Crippen LogP contribution in [0, 0.1) is 5.92 Å². The largest absolute Gasteiger partial charge is 0.271 e. The summed E-state index contributed by atoms with van der Waals surface area (Å²) in [5.74, 6) is 6.86. The fraction of sp³-hybridized carbons (Fsp3) is 0.625. The van der Waals surface area contributed by atoms with Crippen LogP contribution in [0.15, 0.2) is 30.3 Å². The van der Waals surface area contributed by atoms with Gasteiger partial charge in [-0.2, -0.15) is 0 Å². The normalized spacial score (nSPS) is 23.4. The van der Waals surface area contributed by atoms with Crippen LogP contribution in [-0.4, -0.2) is 6.04 Å². The molecule has 0 spiro atoms. The third-order valence-electron chi connectivity index (χ3n) is 5.02. The maximum Gasteiger partial charge on any atom is 0.0307 e. The van der Waals surface area contributed by atoms with Crippen LogP contribution in [0.2, 0.25) is 0 Å². The summed E-state index contributed by atoms with van der Waals surface area (Å²) in [5.41, 5.74) is 4.92. The molecule has 2 nitrogen and oxygen atoms in total. The lowest BCUT2D eigenvalue weighted by Crippen LogP contribution is -2.55. The van der Waals surface area contributed by atoms with E-state index in [1.807, 2.05) is 0 Å². The number of nitrogens with one attached hydrogen (secondary N) is 1. The summed E-state index contributed by atoms with van der Waals surface area (Å²) in [5, 5.41) is 0. The van der Waals surface area contributed by atoms with E-state index in [4.69, 9.17) is 5.84 Å².